The van der Waals surface area contributed by atoms with Crippen molar-refractivity contribution in [1.29, 1.82) is 0 Å². The van der Waals surface area contributed by atoms with Gasteiger partial charge in [-0.05, 0) is 29.5 Å². The monoisotopic (exact) mass is 364 g/mol. The van der Waals surface area contributed by atoms with Crippen molar-refractivity contribution < 1.29 is 4.74 Å². The molecule has 0 saturated heterocycles. The predicted octanol–water partition coefficient (Wildman–Crippen LogP) is 6.23. The van der Waals surface area contributed by atoms with Crippen molar-refractivity contribution in [3.8, 4) is 0 Å². The summed E-state index contributed by atoms with van der Waals surface area (Å²) in [5.74, 6) is 2.14. The second kappa shape index (κ2) is 9.18. The molecule has 0 aliphatic rings. The van der Waals surface area contributed by atoms with Gasteiger partial charge in [0.1, 0.15) is 11.9 Å². The normalized spacial score (nSPS) is 15.0. The highest BCUT2D eigenvalue weighted by Gasteiger charge is 2.24. The molecular formula is C24H32N2O. The molecule has 0 fully saturated rings. The van der Waals surface area contributed by atoms with Gasteiger partial charge in [-0.15, -0.1) is 0 Å². The Morgan fingerprint density at radius 2 is 1.56 bits per heavy atom. The molecule has 0 radical (unpaired) electrons. The lowest BCUT2D eigenvalue weighted by molar-refractivity contribution is 0.0480. The third kappa shape index (κ3) is 4.59. The van der Waals surface area contributed by atoms with Gasteiger partial charge in [-0.1, -0.05) is 83.0 Å². The van der Waals surface area contributed by atoms with E-state index in [0.29, 0.717) is 11.8 Å². The molecule has 3 aromatic rings. The van der Waals surface area contributed by atoms with Crippen molar-refractivity contribution in [2.24, 2.45) is 11.8 Å². The fourth-order valence-electron chi connectivity index (χ4n) is 3.25. The van der Waals surface area contributed by atoms with Crippen LogP contribution in [0.4, 0.5) is 0 Å². The Morgan fingerprint density at radius 3 is 2.26 bits per heavy atom. The third-order valence-corrected chi connectivity index (χ3v) is 5.46. The first-order valence-corrected chi connectivity index (χ1v) is 10.3. The van der Waals surface area contributed by atoms with E-state index in [4.69, 9.17) is 9.72 Å². The molecule has 0 amide bonds. The number of hydrogen-bond acceptors (Lipinski definition) is 2. The second-order valence-corrected chi connectivity index (χ2v) is 7.72. The van der Waals surface area contributed by atoms with Gasteiger partial charge in [0.2, 0.25) is 0 Å². The van der Waals surface area contributed by atoms with E-state index in [0.717, 1.165) is 37.3 Å². The molecule has 3 nitrogen and oxygen atoms in total. The maximum absolute atomic E-state index is 6.47. The predicted molar refractivity (Wildman–Crippen MR) is 113 cm³/mol. The Bertz CT molecular complexity index is 840. The van der Waals surface area contributed by atoms with Gasteiger partial charge in [0, 0.05) is 6.54 Å². The molecule has 144 valence electrons. The topological polar surface area (TPSA) is 27.1 Å². The van der Waals surface area contributed by atoms with E-state index in [9.17, 15) is 0 Å². The lowest BCUT2D eigenvalue weighted by Gasteiger charge is -2.22. The zero-order valence-corrected chi connectivity index (χ0v) is 17.1. The zero-order chi connectivity index (χ0) is 19.2. The minimum Gasteiger partial charge on any atom is -0.365 e. The SMILES string of the molecule is CC[C@@H](C)Cn1c([C@H](OC[C@@H](C)CC)c2ccccc2)nc2ccccc21. The van der Waals surface area contributed by atoms with Crippen molar-refractivity contribution in [3.63, 3.8) is 0 Å². The van der Waals surface area contributed by atoms with E-state index in [1.54, 1.807) is 0 Å². The van der Waals surface area contributed by atoms with Crippen LogP contribution in [-0.4, -0.2) is 16.2 Å². The summed E-state index contributed by atoms with van der Waals surface area (Å²) in [6, 6.07) is 18.9. The van der Waals surface area contributed by atoms with Crippen LogP contribution in [-0.2, 0) is 11.3 Å². The molecule has 3 atom stereocenters. The van der Waals surface area contributed by atoms with Crippen molar-refractivity contribution in [1.82, 2.24) is 9.55 Å². The van der Waals surface area contributed by atoms with Gasteiger partial charge < -0.3 is 9.30 Å². The van der Waals surface area contributed by atoms with Crippen LogP contribution in [0.1, 0.15) is 58.0 Å². The first-order chi connectivity index (χ1) is 13.1. The fraction of sp³-hybridized carbons (Fsp3) is 0.458. The maximum Gasteiger partial charge on any atom is 0.143 e. The van der Waals surface area contributed by atoms with Gasteiger partial charge in [0.25, 0.3) is 0 Å². The fourth-order valence-corrected chi connectivity index (χ4v) is 3.25. The van der Waals surface area contributed by atoms with Crippen molar-refractivity contribution in [2.45, 2.75) is 53.2 Å². The summed E-state index contributed by atoms with van der Waals surface area (Å²) < 4.78 is 8.84. The lowest BCUT2D eigenvalue weighted by Crippen LogP contribution is -2.18. The molecule has 2 aromatic carbocycles. The van der Waals surface area contributed by atoms with Crippen molar-refractivity contribution in [2.75, 3.05) is 6.61 Å². The van der Waals surface area contributed by atoms with Crippen LogP contribution < -0.4 is 0 Å². The van der Waals surface area contributed by atoms with Gasteiger partial charge in [0.05, 0.1) is 17.6 Å². The summed E-state index contributed by atoms with van der Waals surface area (Å²) in [7, 11) is 0. The third-order valence-electron chi connectivity index (χ3n) is 5.46. The first kappa shape index (κ1) is 19.6. The Morgan fingerprint density at radius 1 is 0.889 bits per heavy atom. The van der Waals surface area contributed by atoms with Gasteiger partial charge in [-0.3, -0.25) is 0 Å². The average molecular weight is 365 g/mol. The molecule has 27 heavy (non-hydrogen) atoms. The smallest absolute Gasteiger partial charge is 0.143 e. The molecule has 0 unspecified atom stereocenters. The molecular weight excluding hydrogens is 332 g/mol. The molecule has 1 aromatic heterocycles. The van der Waals surface area contributed by atoms with Crippen LogP contribution in [0.5, 0.6) is 0 Å². The highest BCUT2D eigenvalue weighted by atomic mass is 16.5. The number of para-hydroxylation sites is 2. The standard InChI is InChI=1S/C24H32N2O/c1-5-18(3)16-26-22-15-11-10-14-21(22)25-24(26)23(27-17-19(4)6-2)20-12-8-7-9-13-20/h7-15,18-19,23H,5-6,16-17H2,1-4H3/t18-,19+,23-/m1/s1. The van der Waals surface area contributed by atoms with Crippen LogP contribution in [0.3, 0.4) is 0 Å². The van der Waals surface area contributed by atoms with Crippen molar-refractivity contribution >= 4 is 11.0 Å². The number of imidazole rings is 1. The van der Waals surface area contributed by atoms with E-state index < -0.39 is 0 Å². The Kier molecular flexibility index (Phi) is 6.68. The van der Waals surface area contributed by atoms with Gasteiger partial charge in [0.15, 0.2) is 0 Å². The summed E-state index contributed by atoms with van der Waals surface area (Å²) >= 11 is 0. The molecule has 3 heteroatoms. The summed E-state index contributed by atoms with van der Waals surface area (Å²) in [6.07, 6.45) is 2.12. The molecule has 0 saturated carbocycles. The van der Waals surface area contributed by atoms with Gasteiger partial charge in [-0.2, -0.15) is 0 Å². The van der Waals surface area contributed by atoms with Crippen LogP contribution in [0.25, 0.3) is 11.0 Å². The first-order valence-electron chi connectivity index (χ1n) is 10.3. The molecule has 0 aliphatic heterocycles. The zero-order valence-electron chi connectivity index (χ0n) is 17.1. The minimum absolute atomic E-state index is 0.142. The number of fused-ring (bicyclic) bond motifs is 1. The highest BCUT2D eigenvalue weighted by Crippen LogP contribution is 2.30. The summed E-state index contributed by atoms with van der Waals surface area (Å²) in [5, 5.41) is 0. The minimum atomic E-state index is -0.142. The molecule has 0 spiro atoms. The number of hydrogen-bond donors (Lipinski definition) is 0. The van der Waals surface area contributed by atoms with Crippen LogP contribution in [0.2, 0.25) is 0 Å². The number of rotatable bonds is 9. The van der Waals surface area contributed by atoms with E-state index in [-0.39, 0.29) is 6.10 Å². The van der Waals surface area contributed by atoms with Gasteiger partial charge in [-0.25, -0.2) is 4.98 Å². The highest BCUT2D eigenvalue weighted by molar-refractivity contribution is 5.76. The van der Waals surface area contributed by atoms with Gasteiger partial charge >= 0.3 is 0 Å². The van der Waals surface area contributed by atoms with Crippen LogP contribution in [0.15, 0.2) is 54.6 Å². The van der Waals surface area contributed by atoms with Crippen LogP contribution in [0, 0.1) is 11.8 Å². The summed E-state index contributed by atoms with van der Waals surface area (Å²) in [6.45, 7) is 10.7. The van der Waals surface area contributed by atoms with Crippen molar-refractivity contribution in [3.05, 3.63) is 66.0 Å². The lowest BCUT2D eigenvalue weighted by atomic mass is 10.1. The second-order valence-electron chi connectivity index (χ2n) is 7.72. The number of nitrogens with zero attached hydrogens (tertiary/aromatic N) is 2. The van der Waals surface area contributed by atoms with E-state index in [2.05, 4.69) is 86.9 Å². The summed E-state index contributed by atoms with van der Waals surface area (Å²) in [5.41, 5.74) is 3.41. The van der Waals surface area contributed by atoms with E-state index >= 15 is 0 Å². The largest absolute Gasteiger partial charge is 0.365 e. The number of ether oxygens (including phenoxy) is 1. The molecule has 0 bridgehead atoms. The Labute approximate surface area is 163 Å². The molecule has 0 aliphatic carbocycles. The molecule has 1 heterocycles. The number of benzene rings is 2. The average Bonchev–Trinajstić information content (AvgIpc) is 3.06. The molecule has 3 rings (SSSR count). The summed E-state index contributed by atoms with van der Waals surface area (Å²) in [4.78, 5) is 5.02. The number of aromatic nitrogens is 2. The Hall–Kier alpha value is -2.13. The van der Waals surface area contributed by atoms with E-state index in [1.165, 1.54) is 11.1 Å². The maximum atomic E-state index is 6.47. The van der Waals surface area contributed by atoms with E-state index in [1.807, 2.05) is 0 Å². The quantitative estimate of drug-likeness (QED) is 0.450. The molecule has 0 N–H and O–H groups in total. The Balaban J connectivity index is 2.07. The van der Waals surface area contributed by atoms with Crippen LogP contribution >= 0.6 is 0 Å².